The van der Waals surface area contributed by atoms with E-state index >= 15 is 0 Å². The zero-order chi connectivity index (χ0) is 20.0. The number of non-ortho nitro benzene ring substituents is 1. The highest BCUT2D eigenvalue weighted by molar-refractivity contribution is 5.96. The topological polar surface area (TPSA) is 101 Å². The van der Waals surface area contributed by atoms with E-state index in [9.17, 15) is 19.7 Å². The molecule has 8 heteroatoms. The van der Waals surface area contributed by atoms with Gasteiger partial charge in [0, 0.05) is 37.0 Å². The Morgan fingerprint density at radius 3 is 2.22 bits per heavy atom. The highest BCUT2D eigenvalue weighted by atomic mass is 16.6. The van der Waals surface area contributed by atoms with Crippen molar-refractivity contribution in [2.45, 2.75) is 19.8 Å². The summed E-state index contributed by atoms with van der Waals surface area (Å²) in [6.45, 7) is 3.49. The van der Waals surface area contributed by atoms with E-state index in [0.717, 1.165) is 0 Å². The maximum absolute atomic E-state index is 12.6. The third kappa shape index (κ3) is 4.52. The third-order valence-electron chi connectivity index (χ3n) is 4.16. The molecule has 1 atom stereocenters. The first kappa shape index (κ1) is 20.2. The lowest BCUT2D eigenvalue weighted by Crippen LogP contribution is -2.34. The first-order valence-corrected chi connectivity index (χ1v) is 8.59. The number of carbonyl (C=O) groups excluding carboxylic acids is 2. The van der Waals surface area contributed by atoms with Crippen molar-refractivity contribution in [2.75, 3.05) is 13.2 Å². The van der Waals surface area contributed by atoms with Gasteiger partial charge in [-0.15, -0.1) is 0 Å². The first-order chi connectivity index (χ1) is 12.9. The van der Waals surface area contributed by atoms with Crippen LogP contribution in [-0.2, 0) is 26.1 Å². The molecule has 0 spiro atoms. The number of hydrogen-bond donors (Lipinski definition) is 0. The summed E-state index contributed by atoms with van der Waals surface area (Å²) in [5.74, 6) is -3.52. The molecule has 144 valence electrons. The molecule has 0 saturated carbocycles. The Kier molecular flexibility index (Phi) is 6.70. The van der Waals surface area contributed by atoms with Gasteiger partial charge >= 0.3 is 11.9 Å². The van der Waals surface area contributed by atoms with Gasteiger partial charge in [0.1, 0.15) is 0 Å². The molecule has 0 aliphatic carbocycles. The summed E-state index contributed by atoms with van der Waals surface area (Å²) in [5.41, 5.74) is 0.969. The van der Waals surface area contributed by atoms with E-state index in [-0.39, 0.29) is 18.9 Å². The predicted octanol–water partition coefficient (Wildman–Crippen LogP) is 2.81. The van der Waals surface area contributed by atoms with E-state index in [1.807, 2.05) is 0 Å². The number of aromatic nitrogens is 1. The van der Waals surface area contributed by atoms with Gasteiger partial charge in [-0.25, -0.2) is 0 Å². The van der Waals surface area contributed by atoms with Crippen LogP contribution in [0.4, 0.5) is 5.69 Å². The highest BCUT2D eigenvalue weighted by Crippen LogP contribution is 2.35. The van der Waals surface area contributed by atoms with Crippen LogP contribution in [0.25, 0.3) is 0 Å². The van der Waals surface area contributed by atoms with Gasteiger partial charge in [-0.05, 0) is 31.5 Å². The van der Waals surface area contributed by atoms with Crippen molar-refractivity contribution < 1.29 is 24.0 Å². The van der Waals surface area contributed by atoms with Crippen LogP contribution in [0.5, 0.6) is 0 Å². The van der Waals surface area contributed by atoms with E-state index in [2.05, 4.69) is 0 Å². The number of nitrogens with zero attached hydrogens (tertiary/aromatic N) is 2. The van der Waals surface area contributed by atoms with Crippen LogP contribution in [0.15, 0.2) is 42.6 Å². The molecule has 0 unspecified atom stereocenters. The predicted molar refractivity (Wildman–Crippen MR) is 97.1 cm³/mol. The largest absolute Gasteiger partial charge is 0.465 e. The van der Waals surface area contributed by atoms with Gasteiger partial charge < -0.3 is 14.0 Å². The summed E-state index contributed by atoms with van der Waals surface area (Å²) in [4.78, 5) is 35.9. The van der Waals surface area contributed by atoms with Crippen LogP contribution >= 0.6 is 0 Å². The summed E-state index contributed by atoms with van der Waals surface area (Å²) in [7, 11) is 1.77. The van der Waals surface area contributed by atoms with Crippen LogP contribution in [0.2, 0.25) is 0 Å². The zero-order valence-corrected chi connectivity index (χ0v) is 15.5. The first-order valence-electron chi connectivity index (χ1n) is 8.59. The molecule has 0 fully saturated rings. The van der Waals surface area contributed by atoms with Gasteiger partial charge in [0.2, 0.25) is 0 Å². The van der Waals surface area contributed by atoms with Gasteiger partial charge in [-0.1, -0.05) is 12.1 Å². The fraction of sp³-hybridized carbons (Fsp3) is 0.368. The number of nitro groups is 1. The minimum Gasteiger partial charge on any atom is -0.465 e. The number of carbonyl (C=O) groups is 2. The zero-order valence-electron chi connectivity index (χ0n) is 15.5. The summed E-state index contributed by atoms with van der Waals surface area (Å²) in [5, 5.41) is 11.2. The second-order valence-corrected chi connectivity index (χ2v) is 5.86. The normalized spacial score (nSPS) is 11.9. The minimum atomic E-state index is -1.28. The van der Waals surface area contributed by atoms with Crippen molar-refractivity contribution in [1.82, 2.24) is 4.57 Å². The standard InChI is InChI=1S/C19H22N2O6/c1-4-26-18(22)17(19(23)27-5-2)16(15-10-7-11-20(15)3)13-8-6-9-14(12-13)21(24)25/h6-12,16-17H,4-5H2,1-3H3/t16-/m0/s1. The smallest absolute Gasteiger partial charge is 0.321 e. The summed E-state index contributed by atoms with van der Waals surface area (Å²) >= 11 is 0. The van der Waals surface area contributed by atoms with Gasteiger partial charge in [0.25, 0.3) is 5.69 Å². The maximum atomic E-state index is 12.6. The lowest BCUT2D eigenvalue weighted by molar-refractivity contribution is -0.384. The lowest BCUT2D eigenvalue weighted by atomic mass is 9.83. The molecule has 2 aromatic rings. The van der Waals surface area contributed by atoms with E-state index in [0.29, 0.717) is 11.3 Å². The number of ether oxygens (including phenoxy) is 2. The van der Waals surface area contributed by atoms with Crippen LogP contribution in [0, 0.1) is 16.0 Å². The summed E-state index contributed by atoms with van der Waals surface area (Å²) in [6, 6.07) is 9.42. The molecule has 0 bridgehead atoms. The molecule has 1 heterocycles. The van der Waals surface area contributed by atoms with Crippen LogP contribution < -0.4 is 0 Å². The second kappa shape index (κ2) is 8.98. The SMILES string of the molecule is CCOC(=O)C(C(=O)OCC)[C@@H](c1cccc([N+](=O)[O-])c1)c1cccn1C. The molecule has 1 aromatic carbocycles. The number of benzene rings is 1. The van der Waals surface area contributed by atoms with E-state index in [4.69, 9.17) is 9.47 Å². The summed E-state index contributed by atoms with van der Waals surface area (Å²) < 4.78 is 12.0. The minimum absolute atomic E-state index is 0.101. The van der Waals surface area contributed by atoms with Crippen molar-refractivity contribution in [3.8, 4) is 0 Å². The molecule has 0 aliphatic rings. The lowest BCUT2D eigenvalue weighted by Gasteiger charge is -2.25. The maximum Gasteiger partial charge on any atom is 0.321 e. The molecule has 0 aliphatic heterocycles. The average Bonchev–Trinajstić information content (AvgIpc) is 3.05. The van der Waals surface area contributed by atoms with E-state index in [1.54, 1.807) is 49.9 Å². The van der Waals surface area contributed by atoms with Crippen molar-refractivity contribution in [3.63, 3.8) is 0 Å². The Labute approximate surface area is 156 Å². The molecule has 0 amide bonds. The molecule has 0 radical (unpaired) electrons. The Bertz CT molecular complexity index is 811. The van der Waals surface area contributed by atoms with E-state index < -0.39 is 28.7 Å². The fourth-order valence-electron chi connectivity index (χ4n) is 3.00. The Hall–Kier alpha value is -3.16. The van der Waals surface area contributed by atoms with Crippen molar-refractivity contribution in [1.29, 1.82) is 0 Å². The van der Waals surface area contributed by atoms with Crippen molar-refractivity contribution >= 4 is 17.6 Å². The van der Waals surface area contributed by atoms with Crippen molar-refractivity contribution in [3.05, 3.63) is 64.0 Å². The van der Waals surface area contributed by atoms with Gasteiger partial charge in [-0.2, -0.15) is 0 Å². The van der Waals surface area contributed by atoms with Crippen molar-refractivity contribution in [2.24, 2.45) is 13.0 Å². The average molecular weight is 374 g/mol. The quantitative estimate of drug-likeness (QED) is 0.305. The second-order valence-electron chi connectivity index (χ2n) is 5.86. The van der Waals surface area contributed by atoms with Crippen LogP contribution in [0.3, 0.4) is 0 Å². The van der Waals surface area contributed by atoms with Gasteiger partial charge in [0.15, 0.2) is 5.92 Å². The summed E-state index contributed by atoms with van der Waals surface area (Å²) in [6.07, 6.45) is 1.77. The van der Waals surface area contributed by atoms with Crippen LogP contribution in [-0.4, -0.2) is 34.6 Å². The molecular weight excluding hydrogens is 352 g/mol. The van der Waals surface area contributed by atoms with Gasteiger partial charge in [0.05, 0.1) is 18.1 Å². The molecule has 8 nitrogen and oxygen atoms in total. The number of rotatable bonds is 8. The highest BCUT2D eigenvalue weighted by Gasteiger charge is 2.40. The van der Waals surface area contributed by atoms with E-state index in [1.165, 1.54) is 18.2 Å². The fourth-order valence-corrected chi connectivity index (χ4v) is 3.00. The van der Waals surface area contributed by atoms with Crippen LogP contribution in [0.1, 0.15) is 31.0 Å². The molecule has 0 saturated heterocycles. The Morgan fingerprint density at radius 1 is 1.11 bits per heavy atom. The Balaban J connectivity index is 2.64. The monoisotopic (exact) mass is 374 g/mol. The molecule has 27 heavy (non-hydrogen) atoms. The number of esters is 2. The van der Waals surface area contributed by atoms with Gasteiger partial charge in [-0.3, -0.25) is 19.7 Å². The number of nitro benzene ring substituents is 1. The number of hydrogen-bond acceptors (Lipinski definition) is 6. The third-order valence-corrected chi connectivity index (χ3v) is 4.16. The molecular formula is C19H22N2O6. The molecule has 2 rings (SSSR count). The Morgan fingerprint density at radius 2 is 1.74 bits per heavy atom. The number of aryl methyl sites for hydroxylation is 1. The molecule has 1 aromatic heterocycles. The molecule has 0 N–H and O–H groups in total.